The molecule has 0 spiro atoms. The van der Waals surface area contributed by atoms with E-state index in [0.29, 0.717) is 17.9 Å². The summed E-state index contributed by atoms with van der Waals surface area (Å²) in [6, 6.07) is 5.49. The smallest absolute Gasteiger partial charge is 0.491 e. The first kappa shape index (κ1) is 20.5. The molecule has 6 nitrogen and oxygen atoms in total. The lowest BCUT2D eigenvalue weighted by Crippen LogP contribution is -2.41. The van der Waals surface area contributed by atoms with Crippen molar-refractivity contribution in [3.05, 3.63) is 34.8 Å². The number of carboxylic acids is 1. The first-order valence-electron chi connectivity index (χ1n) is 8.69. The molecule has 0 aliphatic carbocycles. The molecule has 1 saturated heterocycles. The molecule has 1 aromatic rings. The maximum Gasteiger partial charge on any atom is 0.491 e. The largest absolute Gasteiger partial charge is 0.496 e. The van der Waals surface area contributed by atoms with Gasteiger partial charge in [0.2, 0.25) is 0 Å². The molecule has 0 atom stereocenters. The average molecular weight is 361 g/mol. The van der Waals surface area contributed by atoms with Crippen molar-refractivity contribution in [3.8, 4) is 5.75 Å². The van der Waals surface area contributed by atoms with Crippen LogP contribution in [0.3, 0.4) is 0 Å². The SMILES string of the molecule is CNCC(=Cc1ccc(CC(=O)O)c(OC)c1)B1OC(C)(C)C(C)(C)O1. The van der Waals surface area contributed by atoms with Crippen molar-refractivity contribution in [2.45, 2.75) is 45.3 Å². The van der Waals surface area contributed by atoms with Gasteiger partial charge in [-0.15, -0.1) is 0 Å². The van der Waals surface area contributed by atoms with Gasteiger partial charge in [-0.05, 0) is 51.8 Å². The van der Waals surface area contributed by atoms with Crippen LogP contribution >= 0.6 is 0 Å². The highest BCUT2D eigenvalue weighted by atomic mass is 16.7. The number of nitrogens with one attached hydrogen (secondary N) is 1. The van der Waals surface area contributed by atoms with E-state index in [9.17, 15) is 4.79 Å². The minimum absolute atomic E-state index is 0.0756. The van der Waals surface area contributed by atoms with Gasteiger partial charge in [0.25, 0.3) is 0 Å². The molecule has 1 heterocycles. The van der Waals surface area contributed by atoms with Crippen molar-refractivity contribution in [1.29, 1.82) is 0 Å². The molecule has 0 bridgehead atoms. The quantitative estimate of drug-likeness (QED) is 0.727. The molecule has 1 aliphatic heterocycles. The lowest BCUT2D eigenvalue weighted by atomic mass is 9.77. The summed E-state index contributed by atoms with van der Waals surface area (Å²) >= 11 is 0. The first-order valence-corrected chi connectivity index (χ1v) is 8.69. The van der Waals surface area contributed by atoms with E-state index in [2.05, 4.69) is 5.32 Å². The van der Waals surface area contributed by atoms with Crippen LogP contribution in [-0.2, 0) is 20.5 Å². The van der Waals surface area contributed by atoms with Crippen molar-refractivity contribution in [2.24, 2.45) is 0 Å². The number of benzene rings is 1. The van der Waals surface area contributed by atoms with Crippen LogP contribution in [0, 0.1) is 0 Å². The predicted molar refractivity (Wildman–Crippen MR) is 102 cm³/mol. The lowest BCUT2D eigenvalue weighted by Gasteiger charge is -2.32. The zero-order valence-electron chi connectivity index (χ0n) is 16.4. The minimum atomic E-state index is -0.889. The Balaban J connectivity index is 2.33. The maximum atomic E-state index is 11.0. The number of carbonyl (C=O) groups is 1. The molecule has 0 aromatic heterocycles. The normalized spacial score (nSPS) is 18.8. The van der Waals surface area contributed by atoms with E-state index in [1.54, 1.807) is 6.07 Å². The van der Waals surface area contributed by atoms with Crippen LogP contribution < -0.4 is 10.1 Å². The summed E-state index contributed by atoms with van der Waals surface area (Å²) in [6.07, 6.45) is 1.92. The second-order valence-electron chi connectivity index (χ2n) is 7.48. The number of hydrogen-bond donors (Lipinski definition) is 2. The summed E-state index contributed by atoms with van der Waals surface area (Å²) in [5.41, 5.74) is 1.68. The summed E-state index contributed by atoms with van der Waals surface area (Å²) < 4.78 is 17.6. The number of likely N-dealkylation sites (N-methyl/N-ethyl adjacent to an activating group) is 1. The van der Waals surface area contributed by atoms with Gasteiger partial charge in [0.05, 0.1) is 24.7 Å². The highest BCUT2D eigenvalue weighted by molar-refractivity contribution is 6.55. The van der Waals surface area contributed by atoms with Crippen molar-refractivity contribution < 1.29 is 23.9 Å². The zero-order chi connectivity index (χ0) is 19.5. The Hall–Kier alpha value is -1.83. The molecule has 0 unspecified atom stereocenters. The van der Waals surface area contributed by atoms with E-state index in [0.717, 1.165) is 11.0 Å². The fourth-order valence-corrected chi connectivity index (χ4v) is 2.77. The van der Waals surface area contributed by atoms with Crippen LogP contribution in [0.4, 0.5) is 0 Å². The fourth-order valence-electron chi connectivity index (χ4n) is 2.77. The number of rotatable bonds is 7. The van der Waals surface area contributed by atoms with Crippen LogP contribution in [-0.4, -0.2) is 50.1 Å². The maximum absolute atomic E-state index is 11.0. The van der Waals surface area contributed by atoms with Gasteiger partial charge in [0.15, 0.2) is 0 Å². The van der Waals surface area contributed by atoms with E-state index in [-0.39, 0.29) is 6.42 Å². The third kappa shape index (κ3) is 4.47. The molecule has 0 saturated carbocycles. The molecule has 2 N–H and O–H groups in total. The number of methoxy groups -OCH3 is 1. The van der Waals surface area contributed by atoms with E-state index in [1.807, 2.05) is 53.0 Å². The van der Waals surface area contributed by atoms with Crippen molar-refractivity contribution in [2.75, 3.05) is 20.7 Å². The standard InChI is InChI=1S/C19H28BNO5/c1-18(2)19(3,4)26-20(25-18)15(12-21-5)9-13-7-8-14(11-17(22)23)16(10-13)24-6/h7-10,21H,11-12H2,1-6H3,(H,22,23). The van der Waals surface area contributed by atoms with Crippen LogP contribution in [0.1, 0.15) is 38.8 Å². The van der Waals surface area contributed by atoms with Gasteiger partial charge in [0.1, 0.15) is 5.75 Å². The second-order valence-corrected chi connectivity index (χ2v) is 7.48. The molecule has 0 amide bonds. The summed E-state index contributed by atoms with van der Waals surface area (Å²) in [5, 5.41) is 12.2. The first-order chi connectivity index (χ1) is 12.1. The summed E-state index contributed by atoms with van der Waals surface area (Å²) in [5.74, 6) is -0.335. The molecule has 0 radical (unpaired) electrons. The fraction of sp³-hybridized carbons (Fsp3) is 0.526. The van der Waals surface area contributed by atoms with E-state index in [4.69, 9.17) is 19.2 Å². The monoisotopic (exact) mass is 361 g/mol. The summed E-state index contributed by atoms with van der Waals surface area (Å²) in [6.45, 7) is 8.69. The van der Waals surface area contributed by atoms with Crippen LogP contribution in [0.2, 0.25) is 0 Å². The Morgan fingerprint density at radius 3 is 2.38 bits per heavy atom. The van der Waals surface area contributed by atoms with Gasteiger partial charge in [-0.2, -0.15) is 0 Å². The van der Waals surface area contributed by atoms with E-state index in [1.165, 1.54) is 7.11 Å². The highest BCUT2D eigenvalue weighted by Gasteiger charge is 2.52. The van der Waals surface area contributed by atoms with Gasteiger partial charge in [-0.1, -0.05) is 18.2 Å². The molecule has 1 fully saturated rings. The third-order valence-electron chi connectivity index (χ3n) is 4.94. The molecule has 26 heavy (non-hydrogen) atoms. The zero-order valence-corrected chi connectivity index (χ0v) is 16.4. The highest BCUT2D eigenvalue weighted by Crippen LogP contribution is 2.38. The van der Waals surface area contributed by atoms with E-state index >= 15 is 0 Å². The Morgan fingerprint density at radius 2 is 1.88 bits per heavy atom. The van der Waals surface area contributed by atoms with E-state index < -0.39 is 24.3 Å². The van der Waals surface area contributed by atoms with Gasteiger partial charge in [0, 0.05) is 12.1 Å². The second kappa shape index (κ2) is 7.82. The van der Waals surface area contributed by atoms with Crippen molar-refractivity contribution in [1.82, 2.24) is 5.32 Å². The minimum Gasteiger partial charge on any atom is -0.496 e. The van der Waals surface area contributed by atoms with Crippen molar-refractivity contribution >= 4 is 19.2 Å². The molecule has 1 aromatic carbocycles. The number of ether oxygens (including phenoxy) is 1. The van der Waals surface area contributed by atoms with Crippen molar-refractivity contribution in [3.63, 3.8) is 0 Å². The molecule has 1 aliphatic rings. The van der Waals surface area contributed by atoms with Crippen LogP contribution in [0.5, 0.6) is 5.75 Å². The topological polar surface area (TPSA) is 77.0 Å². The Morgan fingerprint density at radius 1 is 1.27 bits per heavy atom. The van der Waals surface area contributed by atoms with Crippen LogP contribution in [0.15, 0.2) is 23.7 Å². The average Bonchev–Trinajstić information content (AvgIpc) is 2.76. The Kier molecular flexibility index (Phi) is 6.16. The van der Waals surface area contributed by atoms with Gasteiger partial charge < -0.3 is 24.5 Å². The summed E-state index contributed by atoms with van der Waals surface area (Å²) in [4.78, 5) is 11.0. The van der Waals surface area contributed by atoms with Gasteiger partial charge in [-0.3, -0.25) is 4.79 Å². The number of aliphatic carboxylic acids is 1. The third-order valence-corrected chi connectivity index (χ3v) is 4.94. The lowest BCUT2D eigenvalue weighted by molar-refractivity contribution is -0.136. The predicted octanol–water partition coefficient (Wildman–Crippen LogP) is 2.56. The molecular weight excluding hydrogens is 333 g/mol. The van der Waals surface area contributed by atoms with Crippen LogP contribution in [0.25, 0.3) is 6.08 Å². The van der Waals surface area contributed by atoms with Gasteiger partial charge >= 0.3 is 13.1 Å². The van der Waals surface area contributed by atoms with Gasteiger partial charge in [-0.25, -0.2) is 0 Å². The molecular formula is C19H28BNO5. The number of carboxylic acid groups (broad SMARTS) is 1. The molecule has 7 heteroatoms. The Labute approximate surface area is 155 Å². The molecule has 2 rings (SSSR count). The Bertz CT molecular complexity index is 683. The summed E-state index contributed by atoms with van der Waals surface area (Å²) in [7, 11) is 2.96. The number of hydrogen-bond acceptors (Lipinski definition) is 5. The molecule has 142 valence electrons.